The molecule has 15 heteroatoms. The van der Waals surface area contributed by atoms with Crippen LogP contribution in [0.2, 0.25) is 0 Å². The lowest BCUT2D eigenvalue weighted by Gasteiger charge is -2.20. The number of anilines is 1. The molecule has 0 fully saturated rings. The van der Waals surface area contributed by atoms with Crippen molar-refractivity contribution in [2.45, 2.75) is 33.1 Å². The molecule has 0 radical (unpaired) electrons. The van der Waals surface area contributed by atoms with Crippen molar-refractivity contribution in [1.29, 1.82) is 0 Å². The van der Waals surface area contributed by atoms with Gasteiger partial charge < -0.3 is 19.4 Å². The molecule has 2 amide bonds. The summed E-state index contributed by atoms with van der Waals surface area (Å²) in [4.78, 5) is 26.7. The summed E-state index contributed by atoms with van der Waals surface area (Å²) in [5.41, 5.74) is 0.511. The Morgan fingerprint density at radius 1 is 1.15 bits per heavy atom. The maximum atomic E-state index is 13.4. The second-order valence-corrected chi connectivity index (χ2v) is 9.89. The van der Waals surface area contributed by atoms with Crippen molar-refractivity contribution in [3.05, 3.63) is 41.5 Å². The van der Waals surface area contributed by atoms with Crippen LogP contribution in [0.3, 0.4) is 0 Å². The molecule has 2 N–H and O–H groups in total. The third-order valence-corrected chi connectivity index (χ3v) is 6.23. The van der Waals surface area contributed by atoms with Crippen LogP contribution in [-0.2, 0) is 6.18 Å². The van der Waals surface area contributed by atoms with Crippen LogP contribution in [-0.4, -0.2) is 69.4 Å². The van der Waals surface area contributed by atoms with Crippen LogP contribution < -0.4 is 15.4 Å². The molecular weight excluding hydrogens is 549 g/mol. The molecule has 0 saturated carbocycles. The van der Waals surface area contributed by atoms with E-state index in [2.05, 4.69) is 35.8 Å². The number of nitrogens with zero attached hydrogens (tertiary/aromatic N) is 6. The molecule has 40 heavy (non-hydrogen) atoms. The van der Waals surface area contributed by atoms with E-state index in [-0.39, 0.29) is 34.3 Å². The van der Waals surface area contributed by atoms with Gasteiger partial charge in [-0.25, -0.2) is 19.7 Å². The molecule has 0 aliphatic rings. The highest BCUT2D eigenvalue weighted by Crippen LogP contribution is 2.41. The number of aromatic nitrogens is 5. The fourth-order valence-corrected chi connectivity index (χ4v) is 4.63. The number of thiazole rings is 1. The molecule has 4 heterocycles. The van der Waals surface area contributed by atoms with E-state index in [0.29, 0.717) is 35.7 Å². The Balaban J connectivity index is 1.89. The number of alkyl halides is 3. The highest BCUT2D eigenvalue weighted by atomic mass is 32.1. The third-order valence-electron chi connectivity index (χ3n) is 5.36. The van der Waals surface area contributed by atoms with Crippen molar-refractivity contribution in [2.24, 2.45) is 0 Å². The molecule has 212 valence electrons. The topological polar surface area (TPSA) is 131 Å². The van der Waals surface area contributed by atoms with Gasteiger partial charge in [-0.2, -0.15) is 13.2 Å². The fourth-order valence-electron chi connectivity index (χ4n) is 3.78. The molecule has 0 aliphatic carbocycles. The average molecular weight is 577 g/mol. The van der Waals surface area contributed by atoms with Gasteiger partial charge in [-0.05, 0) is 40.1 Å². The maximum Gasteiger partial charge on any atom is 0.434 e. The summed E-state index contributed by atoms with van der Waals surface area (Å²) in [7, 11) is 3.80. The lowest BCUT2D eigenvalue weighted by Crippen LogP contribution is -2.28. The molecule has 0 aromatic carbocycles. The lowest BCUT2D eigenvalue weighted by molar-refractivity contribution is -0.140. The largest absolute Gasteiger partial charge is 0.473 e. The normalized spacial score (nSPS) is 12.4. The van der Waals surface area contributed by atoms with Crippen LogP contribution in [0, 0.1) is 6.92 Å². The number of carbonyl (C=O) groups excluding carboxylic acids is 1. The van der Waals surface area contributed by atoms with Crippen molar-refractivity contribution in [1.82, 2.24) is 35.4 Å². The first kappa shape index (κ1) is 28.9. The van der Waals surface area contributed by atoms with Crippen molar-refractivity contribution >= 4 is 23.2 Å². The molecule has 0 aliphatic heterocycles. The first-order valence-corrected chi connectivity index (χ1v) is 13.0. The van der Waals surface area contributed by atoms with Gasteiger partial charge in [-0.15, -0.1) is 21.5 Å². The maximum absolute atomic E-state index is 13.4. The van der Waals surface area contributed by atoms with E-state index in [1.54, 1.807) is 19.9 Å². The van der Waals surface area contributed by atoms with Gasteiger partial charge in [-0.1, -0.05) is 0 Å². The van der Waals surface area contributed by atoms with Gasteiger partial charge >= 0.3 is 12.2 Å². The quantitative estimate of drug-likeness (QED) is 0.279. The summed E-state index contributed by atoms with van der Waals surface area (Å²) in [6, 6.07) is 2.63. The molecule has 4 aromatic rings. The monoisotopic (exact) mass is 576 g/mol. The number of likely N-dealkylation sites (N-methyl/N-ethyl adjacent to an activating group) is 1. The van der Waals surface area contributed by atoms with E-state index in [4.69, 9.17) is 9.15 Å². The lowest BCUT2D eigenvalue weighted by atomic mass is 10.0. The number of rotatable bonds is 9. The molecule has 0 spiro atoms. The summed E-state index contributed by atoms with van der Waals surface area (Å²) in [6.45, 7) is 6.22. The first-order valence-electron chi connectivity index (χ1n) is 12.1. The number of urea groups is 1. The van der Waals surface area contributed by atoms with Crippen molar-refractivity contribution < 1.29 is 27.1 Å². The smallest absolute Gasteiger partial charge is 0.434 e. The van der Waals surface area contributed by atoms with Crippen molar-refractivity contribution in [3.63, 3.8) is 0 Å². The Labute approximate surface area is 231 Å². The molecule has 0 saturated heterocycles. The first-order chi connectivity index (χ1) is 18.9. The number of nitrogens with one attached hydrogen (secondary N) is 2. The number of carbonyl (C=O) groups is 1. The SMILES string of the molecule is CCNC(=O)Nc1cc(-c2nc(C(F)(F)F)cs2)c(-c2cc(-c3nnc(C)o3)cnc2OC(C)CN(C)C)cn1. The van der Waals surface area contributed by atoms with Gasteiger partial charge in [-0.3, -0.25) is 5.32 Å². The van der Waals surface area contributed by atoms with Gasteiger partial charge in [0.1, 0.15) is 16.9 Å². The molecule has 1 atom stereocenters. The van der Waals surface area contributed by atoms with E-state index in [1.165, 1.54) is 18.5 Å². The summed E-state index contributed by atoms with van der Waals surface area (Å²) in [5, 5.41) is 14.1. The zero-order valence-electron chi connectivity index (χ0n) is 22.3. The number of ether oxygens (including phenoxy) is 1. The Hall–Kier alpha value is -4.11. The van der Waals surface area contributed by atoms with Gasteiger partial charge in [0.2, 0.25) is 17.7 Å². The van der Waals surface area contributed by atoms with Crippen molar-refractivity contribution in [3.8, 4) is 39.0 Å². The van der Waals surface area contributed by atoms with E-state index in [9.17, 15) is 18.0 Å². The molecule has 4 aromatic heterocycles. The van der Waals surface area contributed by atoms with E-state index in [0.717, 1.165) is 16.7 Å². The average Bonchev–Trinajstić information content (AvgIpc) is 3.54. The van der Waals surface area contributed by atoms with Crippen molar-refractivity contribution in [2.75, 3.05) is 32.5 Å². The molecule has 1 unspecified atom stereocenters. The minimum absolute atomic E-state index is 0.0648. The number of aryl methyl sites for hydroxylation is 1. The highest BCUT2D eigenvalue weighted by Gasteiger charge is 2.34. The summed E-state index contributed by atoms with van der Waals surface area (Å²) < 4.78 is 52.0. The van der Waals surface area contributed by atoms with E-state index in [1.807, 2.05) is 25.9 Å². The molecule has 0 bridgehead atoms. The number of amides is 2. The predicted octanol–water partition coefficient (Wildman–Crippen LogP) is 5.11. The Morgan fingerprint density at radius 2 is 1.93 bits per heavy atom. The Bertz CT molecular complexity index is 1490. The summed E-state index contributed by atoms with van der Waals surface area (Å²) >= 11 is 0.812. The second-order valence-electron chi connectivity index (χ2n) is 9.03. The van der Waals surface area contributed by atoms with E-state index >= 15 is 0 Å². The zero-order valence-corrected chi connectivity index (χ0v) is 23.1. The predicted molar refractivity (Wildman–Crippen MR) is 143 cm³/mol. The minimum Gasteiger partial charge on any atom is -0.473 e. The standard InChI is InChI=1S/C25H27F3N8O3S/c1-6-29-24(37)33-20-8-17(23-32-19(12-40-23)25(26,27)28)18(10-30-20)16-7-15(21-35-34-14(3)39-21)9-31-22(16)38-13(2)11-36(4)5/h7-10,12-13H,6,11H2,1-5H3,(H2,29,30,33,37). The zero-order chi connectivity index (χ0) is 29.0. The third kappa shape index (κ3) is 6.90. The minimum atomic E-state index is -4.63. The van der Waals surface area contributed by atoms with Crippen LogP contribution in [0.1, 0.15) is 25.4 Å². The van der Waals surface area contributed by atoms with E-state index < -0.39 is 17.9 Å². The van der Waals surface area contributed by atoms with Crippen LogP contribution in [0.5, 0.6) is 5.88 Å². The van der Waals surface area contributed by atoms with Crippen LogP contribution in [0.4, 0.5) is 23.8 Å². The fraction of sp³-hybridized carbons (Fsp3) is 0.360. The Kier molecular flexibility index (Phi) is 8.64. The Morgan fingerprint density at radius 3 is 2.55 bits per heavy atom. The van der Waals surface area contributed by atoms with Crippen LogP contribution >= 0.6 is 11.3 Å². The molecule has 4 rings (SSSR count). The summed E-state index contributed by atoms with van der Waals surface area (Å²) in [5.74, 6) is 0.891. The molecular formula is C25H27F3N8O3S. The van der Waals surface area contributed by atoms with Crippen LogP contribution in [0.25, 0.3) is 33.2 Å². The number of pyridine rings is 2. The van der Waals surface area contributed by atoms with Gasteiger partial charge in [0.25, 0.3) is 0 Å². The number of hydrogen-bond acceptors (Lipinski definition) is 10. The second kappa shape index (κ2) is 12.0. The molecule has 11 nitrogen and oxygen atoms in total. The number of hydrogen-bond donors (Lipinski definition) is 2. The van der Waals surface area contributed by atoms with Crippen LogP contribution in [0.15, 0.2) is 34.3 Å². The van der Waals surface area contributed by atoms with Gasteiger partial charge in [0, 0.05) is 54.5 Å². The summed E-state index contributed by atoms with van der Waals surface area (Å²) in [6.07, 6.45) is -1.98. The number of halogens is 3. The highest BCUT2D eigenvalue weighted by molar-refractivity contribution is 7.13. The van der Waals surface area contributed by atoms with Gasteiger partial charge in [0.05, 0.1) is 5.56 Å². The van der Waals surface area contributed by atoms with Gasteiger partial charge in [0.15, 0.2) is 5.69 Å².